The number of nitrogen functional groups attached to an aromatic ring is 1. The van der Waals surface area contributed by atoms with Gasteiger partial charge in [0.1, 0.15) is 6.17 Å². The lowest BCUT2D eigenvalue weighted by atomic mass is 10.0. The fourth-order valence-electron chi connectivity index (χ4n) is 3.60. The summed E-state index contributed by atoms with van der Waals surface area (Å²) in [5, 5.41) is 12.1. The van der Waals surface area contributed by atoms with Gasteiger partial charge in [-0.3, -0.25) is 4.39 Å². The van der Waals surface area contributed by atoms with Crippen LogP contribution in [0, 0.1) is 19.8 Å². The first-order chi connectivity index (χ1) is 16.2. The molecule has 3 aromatic rings. The summed E-state index contributed by atoms with van der Waals surface area (Å²) in [6.07, 6.45) is 3.13. The number of hydrogen-bond acceptors (Lipinski definition) is 6. The highest BCUT2D eigenvalue weighted by Crippen LogP contribution is 2.31. The highest BCUT2D eigenvalue weighted by atomic mass is 19.1. The van der Waals surface area contributed by atoms with Crippen molar-refractivity contribution in [3.63, 3.8) is 0 Å². The molecule has 3 heterocycles. The monoisotopic (exact) mass is 473 g/mol. The van der Waals surface area contributed by atoms with Gasteiger partial charge in [0, 0.05) is 25.4 Å². The number of nitrogens with two attached hydrogens (primary N) is 1. The Balaban J connectivity index is 0.000000258. The van der Waals surface area contributed by atoms with Gasteiger partial charge in [0.15, 0.2) is 0 Å². The van der Waals surface area contributed by atoms with E-state index in [9.17, 15) is 8.78 Å². The van der Waals surface area contributed by atoms with Gasteiger partial charge in [0.25, 0.3) is 0 Å². The van der Waals surface area contributed by atoms with Gasteiger partial charge < -0.3 is 10.6 Å². The molecule has 0 spiro atoms. The Morgan fingerprint density at radius 3 is 2.47 bits per heavy atom. The number of fused-ring (bicyclic) bond motifs is 1. The lowest BCUT2D eigenvalue weighted by Gasteiger charge is -2.24. The van der Waals surface area contributed by atoms with Gasteiger partial charge in [-0.2, -0.15) is 10.2 Å². The van der Waals surface area contributed by atoms with E-state index in [4.69, 9.17) is 5.73 Å². The summed E-state index contributed by atoms with van der Waals surface area (Å²) >= 11 is 0. The summed E-state index contributed by atoms with van der Waals surface area (Å²) in [7, 11) is 3.63. The minimum atomic E-state index is -0.561. The minimum Gasteiger partial charge on any atom is -0.367 e. The Bertz CT molecular complexity index is 1070. The normalized spacial score (nSPS) is 16.3. The molecule has 1 atom stereocenters. The van der Waals surface area contributed by atoms with Crippen molar-refractivity contribution in [2.45, 2.75) is 46.7 Å². The molecule has 9 heteroatoms. The van der Waals surface area contributed by atoms with E-state index in [2.05, 4.69) is 26.4 Å². The van der Waals surface area contributed by atoms with Crippen LogP contribution in [0.25, 0.3) is 16.6 Å². The highest BCUT2D eigenvalue weighted by molar-refractivity contribution is 5.83. The van der Waals surface area contributed by atoms with Crippen molar-refractivity contribution in [1.82, 2.24) is 19.5 Å². The number of rotatable bonds is 3. The smallest absolute Gasteiger partial charge is 0.238 e. The molecule has 186 valence electrons. The first-order valence-corrected chi connectivity index (χ1v) is 11.6. The Hall–Kier alpha value is -2.94. The summed E-state index contributed by atoms with van der Waals surface area (Å²) in [4.78, 5) is 6.28. The fourth-order valence-corrected chi connectivity index (χ4v) is 3.60. The summed E-state index contributed by atoms with van der Waals surface area (Å²) in [5.41, 5.74) is 11.6. The van der Waals surface area contributed by atoms with Gasteiger partial charge in [0.05, 0.1) is 23.6 Å². The predicted octanol–water partition coefficient (Wildman–Crippen LogP) is 5.97. The van der Waals surface area contributed by atoms with Crippen LogP contribution < -0.4 is 5.73 Å². The topological polar surface area (TPSA) is 84.2 Å². The zero-order valence-electron chi connectivity index (χ0n) is 21.1. The number of hydrogen-bond donors (Lipinski definition) is 1. The molecule has 34 heavy (non-hydrogen) atoms. The van der Waals surface area contributed by atoms with Crippen LogP contribution in [-0.2, 0) is 0 Å². The molecule has 0 saturated carbocycles. The summed E-state index contributed by atoms with van der Waals surface area (Å²) in [6.45, 7) is 9.16. The first-order valence-electron chi connectivity index (χ1n) is 11.6. The fraction of sp³-hybridized carbons (Fsp3) is 0.520. The molecule has 0 unspecified atom stereocenters. The van der Waals surface area contributed by atoms with Gasteiger partial charge in [-0.1, -0.05) is 19.9 Å². The number of azo groups is 1. The van der Waals surface area contributed by atoms with Crippen molar-refractivity contribution < 1.29 is 8.78 Å². The molecule has 2 aromatic heterocycles. The number of benzene rings is 1. The number of anilines is 1. The van der Waals surface area contributed by atoms with Crippen LogP contribution >= 0.6 is 0 Å². The van der Waals surface area contributed by atoms with Crippen LogP contribution in [0.4, 0.5) is 20.4 Å². The molecule has 1 aliphatic rings. The van der Waals surface area contributed by atoms with E-state index in [1.165, 1.54) is 0 Å². The molecule has 0 radical (unpaired) electrons. The van der Waals surface area contributed by atoms with E-state index in [0.717, 1.165) is 53.0 Å². The third kappa shape index (κ3) is 7.83. The second-order valence-electron chi connectivity index (χ2n) is 8.93. The third-order valence-electron chi connectivity index (χ3n) is 5.29. The van der Waals surface area contributed by atoms with Crippen molar-refractivity contribution in [2.24, 2.45) is 16.1 Å². The van der Waals surface area contributed by atoms with Crippen molar-refractivity contribution >= 4 is 17.2 Å². The molecule has 1 aliphatic heterocycles. The van der Waals surface area contributed by atoms with Crippen molar-refractivity contribution in [1.29, 1.82) is 0 Å². The Labute approximate surface area is 201 Å². The van der Waals surface area contributed by atoms with Gasteiger partial charge in [0.2, 0.25) is 5.95 Å². The lowest BCUT2D eigenvalue weighted by molar-refractivity contribution is 0.163. The quantitative estimate of drug-likeness (QED) is 0.475. The molecule has 1 saturated heterocycles. The predicted molar refractivity (Wildman–Crippen MR) is 135 cm³/mol. The molecule has 7 nitrogen and oxygen atoms in total. The molecular weight excluding hydrogens is 436 g/mol. The first kappa shape index (κ1) is 27.3. The van der Waals surface area contributed by atoms with E-state index >= 15 is 0 Å². The van der Waals surface area contributed by atoms with E-state index in [1.54, 1.807) is 11.6 Å². The largest absolute Gasteiger partial charge is 0.367 e. The minimum absolute atomic E-state index is 0.194. The molecule has 4 rings (SSSR count). The van der Waals surface area contributed by atoms with Crippen LogP contribution in [-0.4, -0.2) is 59.5 Å². The van der Waals surface area contributed by atoms with Crippen LogP contribution in [0.2, 0.25) is 0 Å². The van der Waals surface area contributed by atoms with Crippen molar-refractivity contribution in [3.05, 3.63) is 41.7 Å². The van der Waals surface area contributed by atoms with E-state index in [-0.39, 0.29) is 18.5 Å². The standard InChI is InChI=1S/C15H16N6.C6H12FN.C4H9F/c1-9-8-11(4-5-13(9)19-17-3)12-6-7-21-14(12)10(2)18-15(16)20-21;1-8-4-2-3-6(7)5-8;1-4(2)3-5/h4-8H,1-3H3,(H2,16,20);6H,2-5H2,1H3;4H,3H2,1-2H3/t;6-;/m.1./s1. The van der Waals surface area contributed by atoms with E-state index in [0.29, 0.717) is 6.54 Å². The SMILES string of the molecule is CC(C)CF.CN1CCC[C@@H](F)C1.CN=Nc1ccc(-c2ccn3nc(N)nc(C)c23)cc1C. The average molecular weight is 474 g/mol. The average Bonchev–Trinajstić information content (AvgIpc) is 3.20. The molecule has 0 amide bonds. The van der Waals surface area contributed by atoms with Crippen LogP contribution in [0.5, 0.6) is 0 Å². The Morgan fingerprint density at radius 2 is 1.94 bits per heavy atom. The maximum absolute atomic E-state index is 12.4. The molecule has 0 aliphatic carbocycles. The number of aromatic nitrogens is 3. The molecule has 2 N–H and O–H groups in total. The van der Waals surface area contributed by atoms with E-state index in [1.807, 2.05) is 64.0 Å². The molecule has 1 fully saturated rings. The van der Waals surface area contributed by atoms with Gasteiger partial charge in [-0.15, -0.1) is 5.10 Å². The zero-order valence-corrected chi connectivity index (χ0v) is 21.1. The van der Waals surface area contributed by atoms with Gasteiger partial charge in [-0.25, -0.2) is 13.9 Å². The van der Waals surface area contributed by atoms with E-state index < -0.39 is 6.17 Å². The molecular formula is C25H37F2N7. The number of halogens is 2. The number of piperidine rings is 1. The maximum Gasteiger partial charge on any atom is 0.238 e. The number of likely N-dealkylation sites (tertiary alicyclic amines) is 1. The third-order valence-corrected chi connectivity index (χ3v) is 5.29. The molecule has 1 aromatic carbocycles. The number of aryl methyl sites for hydroxylation is 2. The second kappa shape index (κ2) is 13.1. The van der Waals surface area contributed by atoms with Crippen LogP contribution in [0.1, 0.15) is 37.9 Å². The van der Waals surface area contributed by atoms with Crippen LogP contribution in [0.15, 0.2) is 40.7 Å². The zero-order chi connectivity index (χ0) is 25.3. The summed E-state index contributed by atoms with van der Waals surface area (Å²) in [6, 6.07) is 8.11. The van der Waals surface area contributed by atoms with Crippen molar-refractivity contribution in [3.8, 4) is 11.1 Å². The second-order valence-corrected chi connectivity index (χ2v) is 8.93. The Morgan fingerprint density at radius 1 is 1.24 bits per heavy atom. The Kier molecular flexibility index (Phi) is 10.5. The number of nitrogens with zero attached hydrogens (tertiary/aromatic N) is 6. The number of alkyl halides is 2. The molecule has 0 bridgehead atoms. The van der Waals surface area contributed by atoms with Gasteiger partial charge in [-0.05, 0) is 75.5 Å². The lowest BCUT2D eigenvalue weighted by Crippen LogP contribution is -2.32. The summed E-state index contributed by atoms with van der Waals surface area (Å²) in [5.74, 6) is 0.493. The van der Waals surface area contributed by atoms with Crippen molar-refractivity contribution in [2.75, 3.05) is 39.6 Å². The summed E-state index contributed by atoms with van der Waals surface area (Å²) < 4.78 is 25.3. The highest BCUT2D eigenvalue weighted by Gasteiger charge is 2.14. The van der Waals surface area contributed by atoms with Gasteiger partial charge >= 0.3 is 0 Å². The maximum atomic E-state index is 12.4. The van der Waals surface area contributed by atoms with Crippen LogP contribution in [0.3, 0.4) is 0 Å².